The predicted octanol–water partition coefficient (Wildman–Crippen LogP) is 2.90. The summed E-state index contributed by atoms with van der Waals surface area (Å²) in [5.74, 6) is -0.0699. The molecule has 1 rings (SSSR count). The van der Waals surface area contributed by atoms with E-state index in [1.807, 2.05) is 13.8 Å². The minimum atomic E-state index is -0.418. The molecule has 0 radical (unpaired) electrons. The summed E-state index contributed by atoms with van der Waals surface area (Å²) in [6.45, 7) is 5.04. The molecule has 0 aromatic carbocycles. The average molecular weight is 412 g/mol. The summed E-state index contributed by atoms with van der Waals surface area (Å²) in [6.07, 6.45) is 0. The Hall–Kier alpha value is -0.240. The van der Waals surface area contributed by atoms with E-state index in [4.69, 9.17) is 5.73 Å². The number of amides is 1. The zero-order chi connectivity index (χ0) is 14.6. The molecule has 1 aromatic rings. The van der Waals surface area contributed by atoms with Gasteiger partial charge >= 0.3 is 0 Å². The van der Waals surface area contributed by atoms with Gasteiger partial charge in [-0.05, 0) is 43.8 Å². The molecule has 2 N–H and O–H groups in total. The van der Waals surface area contributed by atoms with Crippen molar-refractivity contribution >= 4 is 54.9 Å². The number of Topliss-reactive ketones (excluding diaryl/α,β-unsaturated/α-hetero) is 1. The first-order valence-electron chi connectivity index (χ1n) is 5.78. The van der Waals surface area contributed by atoms with Crippen LogP contribution >= 0.6 is 43.2 Å². The van der Waals surface area contributed by atoms with Crippen molar-refractivity contribution in [2.45, 2.75) is 13.8 Å². The number of ketones is 1. The molecule has 1 aromatic heterocycles. The maximum Gasteiger partial charge on any atom is 0.231 e. The van der Waals surface area contributed by atoms with Crippen molar-refractivity contribution in [3.05, 3.63) is 19.2 Å². The fourth-order valence-electron chi connectivity index (χ4n) is 1.74. The number of primary amides is 1. The van der Waals surface area contributed by atoms with Crippen molar-refractivity contribution in [2.75, 3.05) is 19.6 Å². The first-order chi connectivity index (χ1) is 8.79. The van der Waals surface area contributed by atoms with Gasteiger partial charge in [0, 0.05) is 12.1 Å². The summed E-state index contributed by atoms with van der Waals surface area (Å²) in [4.78, 5) is 25.0. The zero-order valence-electron chi connectivity index (χ0n) is 10.8. The second-order valence-electron chi connectivity index (χ2n) is 4.69. The van der Waals surface area contributed by atoms with Crippen LogP contribution in [0.25, 0.3) is 0 Å². The summed E-state index contributed by atoms with van der Waals surface area (Å²) < 4.78 is 1.70. The van der Waals surface area contributed by atoms with Crippen LogP contribution in [-0.4, -0.2) is 36.2 Å². The Morgan fingerprint density at radius 2 is 2.00 bits per heavy atom. The molecule has 0 aliphatic carbocycles. The van der Waals surface area contributed by atoms with Crippen molar-refractivity contribution in [3.63, 3.8) is 0 Å². The van der Waals surface area contributed by atoms with Crippen LogP contribution in [0.5, 0.6) is 0 Å². The number of hydrogen-bond acceptors (Lipinski definition) is 4. The summed E-state index contributed by atoms with van der Waals surface area (Å²) in [6, 6.07) is 1.79. The number of rotatable bonds is 7. The van der Waals surface area contributed by atoms with E-state index in [1.54, 1.807) is 11.0 Å². The second kappa shape index (κ2) is 7.52. The molecule has 1 amide bonds. The molecule has 0 bridgehead atoms. The molecule has 0 unspecified atom stereocenters. The van der Waals surface area contributed by atoms with Crippen molar-refractivity contribution in [3.8, 4) is 0 Å². The third-order valence-electron chi connectivity index (χ3n) is 2.33. The monoisotopic (exact) mass is 410 g/mol. The molecule has 0 saturated carbocycles. The van der Waals surface area contributed by atoms with Gasteiger partial charge in [-0.15, -0.1) is 11.3 Å². The van der Waals surface area contributed by atoms with Crippen LogP contribution in [0.1, 0.15) is 24.2 Å². The van der Waals surface area contributed by atoms with E-state index in [0.717, 1.165) is 7.57 Å². The number of carbonyl (C=O) groups excluding carboxylic acids is 2. The molecular formula is C12H16Br2N2O2S. The largest absolute Gasteiger partial charge is 0.369 e. The molecule has 106 valence electrons. The lowest BCUT2D eigenvalue weighted by Gasteiger charge is -2.21. The lowest BCUT2D eigenvalue weighted by Crippen LogP contribution is -2.39. The van der Waals surface area contributed by atoms with E-state index in [0.29, 0.717) is 18.0 Å². The van der Waals surface area contributed by atoms with Gasteiger partial charge in [-0.25, -0.2) is 0 Å². The van der Waals surface area contributed by atoms with E-state index in [-0.39, 0.29) is 18.9 Å². The van der Waals surface area contributed by atoms with Gasteiger partial charge in [0.1, 0.15) is 0 Å². The third kappa shape index (κ3) is 5.72. The average Bonchev–Trinajstić information content (AvgIpc) is 2.55. The molecule has 0 spiro atoms. The van der Waals surface area contributed by atoms with E-state index >= 15 is 0 Å². The van der Waals surface area contributed by atoms with Crippen LogP contribution in [0.3, 0.4) is 0 Å². The number of carbonyl (C=O) groups is 2. The van der Waals surface area contributed by atoms with Gasteiger partial charge in [0.2, 0.25) is 5.91 Å². The Kier molecular flexibility index (Phi) is 6.65. The van der Waals surface area contributed by atoms with Gasteiger partial charge in [0.25, 0.3) is 0 Å². The molecule has 0 aliphatic heterocycles. The summed E-state index contributed by atoms with van der Waals surface area (Å²) >= 11 is 8.17. The zero-order valence-corrected chi connectivity index (χ0v) is 14.8. The van der Waals surface area contributed by atoms with Crippen LogP contribution in [0, 0.1) is 5.92 Å². The number of thiophene rings is 1. The van der Waals surface area contributed by atoms with Gasteiger partial charge < -0.3 is 5.73 Å². The maximum absolute atomic E-state index is 12.2. The Bertz CT molecular complexity index is 474. The second-order valence-corrected chi connectivity index (χ2v) is 8.44. The van der Waals surface area contributed by atoms with E-state index in [1.165, 1.54) is 11.3 Å². The molecule has 0 atom stereocenters. The highest BCUT2D eigenvalue weighted by Crippen LogP contribution is 2.32. The smallest absolute Gasteiger partial charge is 0.231 e. The van der Waals surface area contributed by atoms with Gasteiger partial charge in [-0.2, -0.15) is 0 Å². The van der Waals surface area contributed by atoms with Crippen LogP contribution in [-0.2, 0) is 4.79 Å². The summed E-state index contributed by atoms with van der Waals surface area (Å²) in [5, 5.41) is 0. The molecule has 0 fully saturated rings. The van der Waals surface area contributed by atoms with Crippen molar-refractivity contribution in [1.82, 2.24) is 4.90 Å². The lowest BCUT2D eigenvalue weighted by atomic mass is 10.1. The van der Waals surface area contributed by atoms with E-state index in [2.05, 4.69) is 31.9 Å². The third-order valence-corrected chi connectivity index (χ3v) is 4.67. The van der Waals surface area contributed by atoms with Crippen molar-refractivity contribution in [2.24, 2.45) is 11.7 Å². The predicted molar refractivity (Wildman–Crippen MR) is 84.5 cm³/mol. The topological polar surface area (TPSA) is 63.4 Å². The summed E-state index contributed by atoms with van der Waals surface area (Å²) in [5.41, 5.74) is 5.85. The Labute approximate surface area is 133 Å². The van der Waals surface area contributed by atoms with Crippen LogP contribution < -0.4 is 5.73 Å². The molecule has 19 heavy (non-hydrogen) atoms. The highest BCUT2D eigenvalue weighted by atomic mass is 79.9. The van der Waals surface area contributed by atoms with Crippen molar-refractivity contribution in [1.29, 1.82) is 0 Å². The normalized spacial score (nSPS) is 11.3. The quantitative estimate of drug-likeness (QED) is 0.701. The molecule has 4 nitrogen and oxygen atoms in total. The highest BCUT2D eigenvalue weighted by Gasteiger charge is 2.19. The van der Waals surface area contributed by atoms with Gasteiger partial charge in [-0.1, -0.05) is 13.8 Å². The van der Waals surface area contributed by atoms with Crippen LogP contribution in [0.15, 0.2) is 13.6 Å². The molecule has 1 heterocycles. The molecular weight excluding hydrogens is 396 g/mol. The first kappa shape index (κ1) is 16.8. The fraction of sp³-hybridized carbons (Fsp3) is 0.500. The Morgan fingerprint density at radius 1 is 1.37 bits per heavy atom. The summed E-state index contributed by atoms with van der Waals surface area (Å²) in [7, 11) is 0. The molecule has 0 aliphatic rings. The number of halogens is 2. The highest BCUT2D eigenvalue weighted by molar-refractivity contribution is 9.12. The van der Waals surface area contributed by atoms with Crippen LogP contribution in [0.4, 0.5) is 0 Å². The number of hydrogen-bond donors (Lipinski definition) is 1. The van der Waals surface area contributed by atoms with Gasteiger partial charge in [0.15, 0.2) is 5.78 Å². The van der Waals surface area contributed by atoms with Crippen LogP contribution in [0.2, 0.25) is 0 Å². The Balaban J connectivity index is 2.75. The molecule has 7 heteroatoms. The molecule has 0 saturated heterocycles. The minimum absolute atomic E-state index is 0.0178. The SMILES string of the molecule is CC(C)CN(CC(N)=O)CC(=O)c1cc(Br)sc1Br. The van der Waals surface area contributed by atoms with Crippen molar-refractivity contribution < 1.29 is 9.59 Å². The minimum Gasteiger partial charge on any atom is -0.369 e. The number of nitrogens with two attached hydrogens (primary N) is 1. The van der Waals surface area contributed by atoms with E-state index < -0.39 is 5.91 Å². The first-order valence-corrected chi connectivity index (χ1v) is 8.18. The Morgan fingerprint density at radius 3 is 2.42 bits per heavy atom. The van der Waals surface area contributed by atoms with E-state index in [9.17, 15) is 9.59 Å². The maximum atomic E-state index is 12.2. The fourth-order valence-corrected chi connectivity index (χ4v) is 4.60. The van der Waals surface area contributed by atoms with Gasteiger partial charge in [-0.3, -0.25) is 14.5 Å². The number of nitrogens with zero attached hydrogens (tertiary/aromatic N) is 1. The van der Waals surface area contributed by atoms with Gasteiger partial charge in [0.05, 0.1) is 20.7 Å². The lowest BCUT2D eigenvalue weighted by molar-refractivity contribution is -0.119. The standard InChI is InChI=1S/C12H16Br2N2O2S/c1-7(2)4-16(6-11(15)18)5-9(17)8-3-10(13)19-12(8)14/h3,7H,4-6H2,1-2H3,(H2,15,18).